The molecule has 1 saturated carbocycles. The van der Waals surface area contributed by atoms with Crippen LogP contribution in [-0.4, -0.2) is 11.0 Å². The SMILES string of the molecule is O=C1CCC(Sc2ccccc2Cl)C1. The van der Waals surface area contributed by atoms with E-state index >= 15 is 0 Å². The van der Waals surface area contributed by atoms with Crippen molar-refractivity contribution in [1.82, 2.24) is 0 Å². The summed E-state index contributed by atoms with van der Waals surface area (Å²) in [6.45, 7) is 0. The number of hydrogen-bond donors (Lipinski definition) is 0. The minimum atomic E-state index is 0.384. The van der Waals surface area contributed by atoms with Gasteiger partial charge in [0.1, 0.15) is 5.78 Å². The van der Waals surface area contributed by atoms with E-state index in [0.717, 1.165) is 22.8 Å². The van der Waals surface area contributed by atoms with Gasteiger partial charge in [-0.2, -0.15) is 0 Å². The van der Waals surface area contributed by atoms with Crippen LogP contribution in [0.4, 0.5) is 0 Å². The Morgan fingerprint density at radius 3 is 2.79 bits per heavy atom. The third kappa shape index (κ3) is 2.31. The molecule has 3 heteroatoms. The summed E-state index contributed by atoms with van der Waals surface area (Å²) in [5.41, 5.74) is 0. The van der Waals surface area contributed by atoms with Crippen LogP contribution in [0.1, 0.15) is 19.3 Å². The van der Waals surface area contributed by atoms with Gasteiger partial charge in [0.25, 0.3) is 0 Å². The minimum Gasteiger partial charge on any atom is -0.300 e. The van der Waals surface area contributed by atoms with Crippen LogP contribution >= 0.6 is 23.4 Å². The van der Waals surface area contributed by atoms with Crippen LogP contribution in [0.2, 0.25) is 5.02 Å². The molecule has 1 aromatic carbocycles. The third-order valence-electron chi connectivity index (χ3n) is 2.33. The van der Waals surface area contributed by atoms with Crippen LogP contribution in [0.5, 0.6) is 0 Å². The summed E-state index contributed by atoms with van der Waals surface area (Å²) in [5, 5.41) is 1.22. The second-order valence-electron chi connectivity index (χ2n) is 3.45. The Morgan fingerprint density at radius 1 is 1.36 bits per heavy atom. The Labute approximate surface area is 92.8 Å². The minimum absolute atomic E-state index is 0.384. The first-order valence-corrected chi connectivity index (χ1v) is 5.94. The number of thioether (sulfide) groups is 1. The van der Waals surface area contributed by atoms with Crippen LogP contribution in [0.3, 0.4) is 0 Å². The van der Waals surface area contributed by atoms with Crippen LogP contribution in [0.15, 0.2) is 29.2 Å². The largest absolute Gasteiger partial charge is 0.300 e. The number of carbonyl (C=O) groups excluding carboxylic acids is 1. The van der Waals surface area contributed by atoms with E-state index < -0.39 is 0 Å². The van der Waals surface area contributed by atoms with E-state index in [4.69, 9.17) is 11.6 Å². The summed E-state index contributed by atoms with van der Waals surface area (Å²) in [7, 11) is 0. The lowest BCUT2D eigenvalue weighted by atomic mass is 10.4. The maximum absolute atomic E-state index is 11.1. The van der Waals surface area contributed by atoms with Gasteiger partial charge in [0.05, 0.1) is 5.02 Å². The summed E-state index contributed by atoms with van der Waals surface area (Å²) in [6.07, 6.45) is 2.44. The van der Waals surface area contributed by atoms with Crippen molar-refractivity contribution in [3.63, 3.8) is 0 Å². The summed E-state index contributed by atoms with van der Waals surface area (Å²) in [6, 6.07) is 7.80. The van der Waals surface area contributed by atoms with Gasteiger partial charge in [0, 0.05) is 23.0 Å². The zero-order valence-electron chi connectivity index (χ0n) is 7.70. The predicted octanol–water partition coefficient (Wildman–Crippen LogP) is 3.55. The molecule has 1 fully saturated rings. The molecule has 0 heterocycles. The molecular weight excluding hydrogens is 216 g/mol. The Balaban J connectivity index is 2.04. The highest BCUT2D eigenvalue weighted by Crippen LogP contribution is 2.36. The fourth-order valence-corrected chi connectivity index (χ4v) is 3.07. The van der Waals surface area contributed by atoms with Crippen molar-refractivity contribution in [2.24, 2.45) is 0 Å². The van der Waals surface area contributed by atoms with Gasteiger partial charge in [-0.3, -0.25) is 4.79 Å². The highest BCUT2D eigenvalue weighted by molar-refractivity contribution is 8.00. The van der Waals surface area contributed by atoms with Gasteiger partial charge < -0.3 is 0 Å². The lowest BCUT2D eigenvalue weighted by molar-refractivity contribution is -0.117. The van der Waals surface area contributed by atoms with E-state index in [-0.39, 0.29) is 0 Å². The van der Waals surface area contributed by atoms with Crippen molar-refractivity contribution in [2.75, 3.05) is 0 Å². The monoisotopic (exact) mass is 226 g/mol. The van der Waals surface area contributed by atoms with E-state index in [1.165, 1.54) is 0 Å². The molecule has 0 bridgehead atoms. The van der Waals surface area contributed by atoms with Gasteiger partial charge in [-0.15, -0.1) is 11.8 Å². The van der Waals surface area contributed by atoms with Gasteiger partial charge >= 0.3 is 0 Å². The summed E-state index contributed by atoms with van der Waals surface area (Å²) >= 11 is 7.76. The van der Waals surface area contributed by atoms with E-state index in [2.05, 4.69) is 0 Å². The lowest BCUT2D eigenvalue weighted by Gasteiger charge is -2.08. The normalized spacial score (nSPS) is 21.5. The number of benzene rings is 1. The molecule has 0 aromatic heterocycles. The van der Waals surface area contributed by atoms with E-state index in [1.807, 2.05) is 24.3 Å². The fraction of sp³-hybridized carbons (Fsp3) is 0.364. The maximum Gasteiger partial charge on any atom is 0.134 e. The molecule has 0 amide bonds. The van der Waals surface area contributed by atoms with E-state index in [9.17, 15) is 4.79 Å². The number of Topliss-reactive ketones (excluding diaryl/α,β-unsaturated/α-hetero) is 1. The highest BCUT2D eigenvalue weighted by atomic mass is 35.5. The first kappa shape index (κ1) is 10.1. The number of halogens is 1. The third-order valence-corrected chi connectivity index (χ3v) is 4.12. The molecule has 1 aromatic rings. The van der Waals surface area contributed by atoms with Gasteiger partial charge in [0.15, 0.2) is 0 Å². The molecule has 74 valence electrons. The van der Waals surface area contributed by atoms with Crippen LogP contribution in [-0.2, 0) is 4.79 Å². The van der Waals surface area contributed by atoms with E-state index in [1.54, 1.807) is 11.8 Å². The molecule has 0 spiro atoms. The molecule has 0 aliphatic heterocycles. The molecule has 0 saturated heterocycles. The molecular formula is C11H11ClOS. The van der Waals surface area contributed by atoms with Crippen molar-refractivity contribution < 1.29 is 4.79 Å². The van der Waals surface area contributed by atoms with E-state index in [0.29, 0.717) is 17.5 Å². The Hall–Kier alpha value is -0.470. The van der Waals surface area contributed by atoms with Crippen LogP contribution < -0.4 is 0 Å². The standard InChI is InChI=1S/C11H11ClOS/c12-10-3-1-2-4-11(10)14-9-6-5-8(13)7-9/h1-4,9H,5-7H2. The van der Waals surface area contributed by atoms with Crippen LogP contribution in [0, 0.1) is 0 Å². The average Bonchev–Trinajstić information content (AvgIpc) is 2.56. The second kappa shape index (κ2) is 4.37. The summed E-state index contributed by atoms with van der Waals surface area (Å²) in [4.78, 5) is 12.2. The van der Waals surface area contributed by atoms with Crippen molar-refractivity contribution in [3.8, 4) is 0 Å². The number of carbonyl (C=O) groups is 1. The van der Waals surface area contributed by atoms with Gasteiger partial charge in [0.2, 0.25) is 0 Å². The molecule has 1 unspecified atom stereocenters. The van der Waals surface area contributed by atoms with Crippen molar-refractivity contribution in [3.05, 3.63) is 29.3 Å². The first-order valence-electron chi connectivity index (χ1n) is 4.68. The number of ketones is 1. The number of hydrogen-bond acceptors (Lipinski definition) is 2. The van der Waals surface area contributed by atoms with Gasteiger partial charge in [-0.1, -0.05) is 23.7 Å². The Morgan fingerprint density at radius 2 is 2.14 bits per heavy atom. The van der Waals surface area contributed by atoms with Crippen molar-refractivity contribution >= 4 is 29.1 Å². The quantitative estimate of drug-likeness (QED) is 0.767. The lowest BCUT2D eigenvalue weighted by Crippen LogP contribution is -1.96. The maximum atomic E-state index is 11.1. The molecule has 0 N–H and O–H groups in total. The van der Waals surface area contributed by atoms with Crippen LogP contribution in [0.25, 0.3) is 0 Å². The smallest absolute Gasteiger partial charge is 0.134 e. The Kier molecular flexibility index (Phi) is 3.14. The fourth-order valence-electron chi connectivity index (χ4n) is 1.60. The summed E-state index contributed by atoms with van der Waals surface area (Å²) < 4.78 is 0. The zero-order valence-corrected chi connectivity index (χ0v) is 9.27. The molecule has 0 radical (unpaired) electrons. The number of rotatable bonds is 2. The van der Waals surface area contributed by atoms with Gasteiger partial charge in [-0.25, -0.2) is 0 Å². The zero-order chi connectivity index (χ0) is 9.97. The summed E-state index contributed by atoms with van der Waals surface area (Å²) in [5.74, 6) is 0.384. The van der Waals surface area contributed by atoms with Crippen molar-refractivity contribution in [1.29, 1.82) is 0 Å². The Bertz CT molecular complexity index is 351. The predicted molar refractivity (Wildman–Crippen MR) is 60.0 cm³/mol. The molecule has 2 rings (SSSR count). The highest BCUT2D eigenvalue weighted by Gasteiger charge is 2.23. The molecule has 1 atom stereocenters. The second-order valence-corrected chi connectivity index (χ2v) is 5.20. The molecule has 1 nitrogen and oxygen atoms in total. The molecule has 14 heavy (non-hydrogen) atoms. The average molecular weight is 227 g/mol. The van der Waals surface area contributed by atoms with Crippen molar-refractivity contribution in [2.45, 2.75) is 29.4 Å². The first-order chi connectivity index (χ1) is 6.75. The van der Waals surface area contributed by atoms with Gasteiger partial charge in [-0.05, 0) is 18.6 Å². The topological polar surface area (TPSA) is 17.1 Å². The molecule has 1 aliphatic carbocycles. The molecule has 1 aliphatic rings.